The summed E-state index contributed by atoms with van der Waals surface area (Å²) in [6.07, 6.45) is 4.44. The minimum atomic E-state index is -0.757. The van der Waals surface area contributed by atoms with E-state index in [0.717, 1.165) is 41.7 Å². The summed E-state index contributed by atoms with van der Waals surface area (Å²) < 4.78 is 10.5. The number of nitrogens with zero attached hydrogens (tertiary/aromatic N) is 1. The fourth-order valence-corrected chi connectivity index (χ4v) is 4.60. The first-order valence-electron chi connectivity index (χ1n) is 9.42. The standard InChI is InChI=1S/C21H23N3O4S/c1-27-16-8-7-13(11-17(16)28-2)9-10-23-19(25)20(26)24-21-15(12-22)14-5-3-4-6-18(14)29-21/h7-8,11H,3-6,9-10H2,1-2H3,(H,23,25)(H,24,26). The SMILES string of the molecule is COc1ccc(CCNC(=O)C(=O)Nc2sc3c(c2C#N)CCCC3)cc1OC. The molecule has 1 aromatic carbocycles. The molecule has 1 aromatic heterocycles. The van der Waals surface area contributed by atoms with Gasteiger partial charge in [-0.25, -0.2) is 0 Å². The van der Waals surface area contributed by atoms with E-state index in [9.17, 15) is 14.9 Å². The number of carbonyl (C=O) groups excluding carboxylic acids is 2. The number of methoxy groups -OCH3 is 2. The summed E-state index contributed by atoms with van der Waals surface area (Å²) in [6, 6.07) is 7.68. The molecule has 7 nitrogen and oxygen atoms in total. The van der Waals surface area contributed by atoms with Crippen LogP contribution in [-0.2, 0) is 28.9 Å². The maximum atomic E-state index is 12.3. The molecule has 0 atom stereocenters. The normalized spacial score (nSPS) is 12.4. The Hall–Kier alpha value is -3.05. The first kappa shape index (κ1) is 20.7. The third-order valence-electron chi connectivity index (χ3n) is 4.86. The average Bonchev–Trinajstić information content (AvgIpc) is 3.10. The van der Waals surface area contributed by atoms with Crippen LogP contribution in [0.3, 0.4) is 0 Å². The molecule has 0 saturated carbocycles. The summed E-state index contributed by atoms with van der Waals surface area (Å²) in [6.45, 7) is 0.299. The number of nitrogens with one attached hydrogen (secondary N) is 2. The quantitative estimate of drug-likeness (QED) is 0.710. The van der Waals surface area contributed by atoms with E-state index in [1.54, 1.807) is 20.3 Å². The maximum Gasteiger partial charge on any atom is 0.314 e. The topological polar surface area (TPSA) is 100 Å². The Morgan fingerprint density at radius 2 is 1.90 bits per heavy atom. The highest BCUT2D eigenvalue weighted by molar-refractivity contribution is 7.16. The first-order chi connectivity index (χ1) is 14.1. The Labute approximate surface area is 173 Å². The van der Waals surface area contributed by atoms with Gasteiger partial charge in [0, 0.05) is 11.4 Å². The molecule has 0 saturated heterocycles. The van der Waals surface area contributed by atoms with Gasteiger partial charge in [-0.1, -0.05) is 6.07 Å². The number of ether oxygens (including phenoxy) is 2. The van der Waals surface area contributed by atoms with Gasteiger partial charge in [-0.05, 0) is 55.4 Å². The molecule has 29 heavy (non-hydrogen) atoms. The second-order valence-electron chi connectivity index (χ2n) is 6.68. The van der Waals surface area contributed by atoms with Crippen molar-refractivity contribution in [2.45, 2.75) is 32.1 Å². The van der Waals surface area contributed by atoms with Crippen LogP contribution in [-0.4, -0.2) is 32.6 Å². The van der Waals surface area contributed by atoms with Crippen LogP contribution in [0.1, 0.15) is 34.4 Å². The number of rotatable bonds is 6. The monoisotopic (exact) mass is 413 g/mol. The van der Waals surface area contributed by atoms with Crippen molar-refractivity contribution in [1.29, 1.82) is 5.26 Å². The molecule has 0 fully saturated rings. The lowest BCUT2D eigenvalue weighted by molar-refractivity contribution is -0.136. The lowest BCUT2D eigenvalue weighted by atomic mass is 9.96. The van der Waals surface area contributed by atoms with Crippen LogP contribution in [0, 0.1) is 11.3 Å². The number of amides is 2. The summed E-state index contributed by atoms with van der Waals surface area (Å²) in [5.74, 6) is -0.237. The number of hydrogen-bond donors (Lipinski definition) is 2. The van der Waals surface area contributed by atoms with Gasteiger partial charge in [0.05, 0.1) is 19.8 Å². The highest BCUT2D eigenvalue weighted by atomic mass is 32.1. The highest BCUT2D eigenvalue weighted by Gasteiger charge is 2.23. The molecule has 1 aliphatic carbocycles. The number of anilines is 1. The summed E-state index contributed by atoms with van der Waals surface area (Å²) >= 11 is 1.40. The average molecular weight is 413 g/mol. The van der Waals surface area contributed by atoms with Crippen molar-refractivity contribution in [3.8, 4) is 17.6 Å². The summed E-state index contributed by atoms with van der Waals surface area (Å²) in [5, 5.41) is 15.1. The minimum absolute atomic E-state index is 0.299. The summed E-state index contributed by atoms with van der Waals surface area (Å²) in [4.78, 5) is 25.6. The van der Waals surface area contributed by atoms with E-state index in [2.05, 4.69) is 16.7 Å². The fraction of sp³-hybridized carbons (Fsp3) is 0.381. The molecular weight excluding hydrogens is 390 g/mol. The van der Waals surface area contributed by atoms with Crippen LogP contribution in [0.4, 0.5) is 5.00 Å². The molecule has 2 aromatic rings. The lowest BCUT2D eigenvalue weighted by Gasteiger charge is -2.10. The van der Waals surface area contributed by atoms with Crippen LogP contribution in [0.15, 0.2) is 18.2 Å². The van der Waals surface area contributed by atoms with Crippen LogP contribution in [0.2, 0.25) is 0 Å². The van der Waals surface area contributed by atoms with E-state index in [1.807, 2.05) is 12.1 Å². The molecule has 8 heteroatoms. The molecule has 1 heterocycles. The molecule has 0 radical (unpaired) electrons. The Bertz CT molecular complexity index is 962. The van der Waals surface area contributed by atoms with Crippen molar-refractivity contribution in [1.82, 2.24) is 5.32 Å². The summed E-state index contributed by atoms with van der Waals surface area (Å²) in [5.41, 5.74) is 2.46. The number of benzene rings is 1. The Kier molecular flexibility index (Phi) is 6.73. The van der Waals surface area contributed by atoms with Crippen molar-refractivity contribution >= 4 is 28.2 Å². The molecule has 0 spiro atoms. The molecule has 0 aliphatic heterocycles. The predicted molar refractivity (Wildman–Crippen MR) is 111 cm³/mol. The van der Waals surface area contributed by atoms with Gasteiger partial charge in [-0.15, -0.1) is 11.3 Å². The van der Waals surface area contributed by atoms with Gasteiger partial charge in [-0.2, -0.15) is 5.26 Å². The first-order valence-corrected chi connectivity index (χ1v) is 10.2. The van der Waals surface area contributed by atoms with Gasteiger partial charge < -0.3 is 20.1 Å². The van der Waals surface area contributed by atoms with Crippen LogP contribution >= 0.6 is 11.3 Å². The Morgan fingerprint density at radius 1 is 1.14 bits per heavy atom. The van der Waals surface area contributed by atoms with Gasteiger partial charge in [0.2, 0.25) is 0 Å². The number of thiophene rings is 1. The number of hydrogen-bond acceptors (Lipinski definition) is 6. The lowest BCUT2D eigenvalue weighted by Crippen LogP contribution is -2.36. The van der Waals surface area contributed by atoms with E-state index in [4.69, 9.17) is 9.47 Å². The Balaban J connectivity index is 1.56. The van der Waals surface area contributed by atoms with Gasteiger partial charge in [-0.3, -0.25) is 9.59 Å². The third-order valence-corrected chi connectivity index (χ3v) is 6.07. The highest BCUT2D eigenvalue weighted by Crippen LogP contribution is 2.37. The van der Waals surface area contributed by atoms with E-state index >= 15 is 0 Å². The molecule has 152 valence electrons. The number of nitriles is 1. The van der Waals surface area contributed by atoms with Gasteiger partial charge >= 0.3 is 11.8 Å². The van der Waals surface area contributed by atoms with Crippen molar-refractivity contribution in [2.24, 2.45) is 0 Å². The fourth-order valence-electron chi connectivity index (χ4n) is 3.37. The second-order valence-corrected chi connectivity index (χ2v) is 7.78. The number of fused-ring (bicyclic) bond motifs is 1. The van der Waals surface area contributed by atoms with Gasteiger partial charge in [0.25, 0.3) is 0 Å². The van der Waals surface area contributed by atoms with Crippen molar-refractivity contribution < 1.29 is 19.1 Å². The molecule has 3 rings (SSSR count). The Morgan fingerprint density at radius 3 is 2.62 bits per heavy atom. The third kappa shape index (κ3) is 4.69. The molecule has 0 unspecified atom stereocenters. The van der Waals surface area contributed by atoms with E-state index < -0.39 is 11.8 Å². The van der Waals surface area contributed by atoms with Crippen molar-refractivity contribution in [2.75, 3.05) is 26.1 Å². The van der Waals surface area contributed by atoms with E-state index in [0.29, 0.717) is 35.0 Å². The van der Waals surface area contributed by atoms with E-state index in [-0.39, 0.29) is 0 Å². The zero-order valence-corrected chi connectivity index (χ0v) is 17.3. The molecule has 2 N–H and O–H groups in total. The largest absolute Gasteiger partial charge is 0.493 e. The molecular formula is C21H23N3O4S. The number of carbonyl (C=O) groups is 2. The smallest absolute Gasteiger partial charge is 0.314 e. The van der Waals surface area contributed by atoms with E-state index in [1.165, 1.54) is 11.3 Å². The zero-order chi connectivity index (χ0) is 20.8. The summed E-state index contributed by atoms with van der Waals surface area (Å²) in [7, 11) is 3.13. The van der Waals surface area contributed by atoms with Crippen molar-refractivity contribution in [3.63, 3.8) is 0 Å². The van der Waals surface area contributed by atoms with Gasteiger partial charge in [0.15, 0.2) is 11.5 Å². The minimum Gasteiger partial charge on any atom is -0.493 e. The zero-order valence-electron chi connectivity index (χ0n) is 16.5. The van der Waals surface area contributed by atoms with Crippen LogP contribution in [0.25, 0.3) is 0 Å². The van der Waals surface area contributed by atoms with Crippen LogP contribution in [0.5, 0.6) is 11.5 Å². The van der Waals surface area contributed by atoms with Crippen molar-refractivity contribution in [3.05, 3.63) is 39.8 Å². The molecule has 2 amide bonds. The molecule has 0 bridgehead atoms. The second kappa shape index (κ2) is 9.43. The van der Waals surface area contributed by atoms with Gasteiger partial charge in [0.1, 0.15) is 11.1 Å². The number of aryl methyl sites for hydroxylation is 1. The molecule has 1 aliphatic rings. The maximum absolute atomic E-state index is 12.3. The van der Waals surface area contributed by atoms with Crippen LogP contribution < -0.4 is 20.1 Å². The predicted octanol–water partition coefficient (Wildman–Crippen LogP) is 2.81.